The van der Waals surface area contributed by atoms with Crippen LogP contribution in [0.15, 0.2) is 140 Å². The SMILES string of the molecule is CO[C@@H](C)COc1cc(N2C[C@@H]3C[C@H]2CN3C(=O)OC(C)(C)C)c2cc(C3CC3)c(-c3c(C)c(F)cc4nn(C(c5ccccc5)(c5ccccc5)c5ccccc5)cc34)c(OCc3ccc(C(=O)O)cc3)c2n1. The molecule has 74 heavy (non-hydrogen) atoms. The molecule has 0 radical (unpaired) electrons. The Morgan fingerprint density at radius 3 is 1.99 bits per heavy atom. The number of anilines is 1. The molecule has 3 atom stereocenters. The van der Waals surface area contributed by atoms with Crippen molar-refractivity contribution in [3.8, 4) is 22.8 Å². The third kappa shape index (κ3) is 8.86. The molecule has 1 aliphatic carbocycles. The summed E-state index contributed by atoms with van der Waals surface area (Å²) in [6, 6.07) is 43.1. The van der Waals surface area contributed by atoms with Crippen LogP contribution in [0.2, 0.25) is 0 Å². The lowest BCUT2D eigenvalue weighted by Gasteiger charge is -2.37. The number of amides is 1. The molecular weight excluding hydrogens is 934 g/mol. The van der Waals surface area contributed by atoms with Crippen molar-refractivity contribution >= 4 is 39.6 Å². The average Bonchev–Trinajstić information content (AvgIpc) is 3.85. The number of rotatable bonds is 15. The van der Waals surface area contributed by atoms with Gasteiger partial charge in [-0.25, -0.2) is 19.0 Å². The van der Waals surface area contributed by atoms with Crippen LogP contribution in [-0.4, -0.2) is 87.4 Å². The number of halogens is 1. The second-order valence-corrected chi connectivity index (χ2v) is 21.0. The maximum atomic E-state index is 17.2. The fourth-order valence-electron chi connectivity index (χ4n) is 11.1. The van der Waals surface area contributed by atoms with Gasteiger partial charge in [0.1, 0.15) is 35.7 Å². The summed E-state index contributed by atoms with van der Waals surface area (Å²) in [5.41, 5.74) is 6.88. The second kappa shape index (κ2) is 19.3. The second-order valence-electron chi connectivity index (χ2n) is 21.0. The molecule has 12 nitrogen and oxygen atoms in total. The Kier molecular flexibility index (Phi) is 12.6. The Balaban J connectivity index is 1.17. The van der Waals surface area contributed by atoms with E-state index >= 15 is 4.39 Å². The first-order valence-corrected chi connectivity index (χ1v) is 25.5. The van der Waals surface area contributed by atoms with E-state index in [1.165, 1.54) is 6.07 Å². The molecule has 378 valence electrons. The number of carbonyl (C=O) groups is 2. The molecule has 11 rings (SSSR count). The summed E-state index contributed by atoms with van der Waals surface area (Å²) >= 11 is 0. The molecule has 2 saturated heterocycles. The van der Waals surface area contributed by atoms with E-state index in [1.807, 2.05) is 105 Å². The van der Waals surface area contributed by atoms with Crippen molar-refractivity contribution < 1.29 is 38.0 Å². The van der Waals surface area contributed by atoms with Crippen LogP contribution < -0.4 is 14.4 Å². The zero-order valence-electron chi connectivity index (χ0n) is 42.5. The number of hydrogen-bond acceptors (Lipinski definition) is 9. The number of benzene rings is 6. The third-order valence-corrected chi connectivity index (χ3v) is 14.9. The number of pyridine rings is 1. The summed E-state index contributed by atoms with van der Waals surface area (Å²) in [6.45, 7) is 10.7. The molecule has 8 aromatic rings. The molecule has 2 aliphatic heterocycles. The molecule has 13 heteroatoms. The molecule has 2 aromatic heterocycles. The molecule has 1 saturated carbocycles. The standard InChI is InChI=1S/C61H60FN5O7/c1-37(71-6)35-72-53-31-52(65-32-46-28-45(65)33-66(46)59(70)74-60(3,4)5)48-29-47(40-26-27-40)55(57(56(48)63-53)73-36-39-22-24-41(25-23-39)58(68)69)54-38(2)50(62)30-51-49(54)34-67(64-51)61(42-16-10-7-11-17-42,43-18-12-8-13-19-43)44-20-14-9-15-21-44/h7-25,29-31,34,37,40,45-46H,26-28,32-33,35-36H2,1-6H3,(H,68,69)/t37-,45-,46-/m0/s1. The first kappa shape index (κ1) is 48.5. The van der Waals surface area contributed by atoms with Gasteiger partial charge in [0.2, 0.25) is 5.88 Å². The molecule has 0 unspecified atom stereocenters. The fraction of sp³-hybridized carbons (Fsp3) is 0.311. The van der Waals surface area contributed by atoms with E-state index in [-0.39, 0.29) is 49.0 Å². The van der Waals surface area contributed by atoms with Crippen molar-refractivity contribution in [3.05, 3.63) is 184 Å². The van der Waals surface area contributed by atoms with E-state index in [0.29, 0.717) is 52.4 Å². The van der Waals surface area contributed by atoms with E-state index in [9.17, 15) is 14.7 Å². The van der Waals surface area contributed by atoms with Crippen LogP contribution in [-0.2, 0) is 21.6 Å². The molecule has 3 aliphatic rings. The zero-order chi connectivity index (χ0) is 51.5. The first-order valence-electron chi connectivity index (χ1n) is 25.5. The van der Waals surface area contributed by atoms with Crippen molar-refractivity contribution in [2.45, 2.75) is 95.7 Å². The monoisotopic (exact) mass is 993 g/mol. The fourth-order valence-corrected chi connectivity index (χ4v) is 11.1. The molecule has 3 fully saturated rings. The van der Waals surface area contributed by atoms with E-state index in [1.54, 1.807) is 31.4 Å². The van der Waals surface area contributed by atoms with Gasteiger partial charge in [-0.05, 0) is 111 Å². The number of methoxy groups -OCH3 is 1. The van der Waals surface area contributed by atoms with Crippen molar-refractivity contribution in [3.63, 3.8) is 0 Å². The minimum Gasteiger partial charge on any atom is -0.486 e. The van der Waals surface area contributed by atoms with Crippen molar-refractivity contribution in [1.29, 1.82) is 0 Å². The molecule has 4 heterocycles. The van der Waals surface area contributed by atoms with Gasteiger partial charge in [-0.1, -0.05) is 103 Å². The average molecular weight is 994 g/mol. The third-order valence-electron chi connectivity index (χ3n) is 14.9. The lowest BCUT2D eigenvalue weighted by Crippen LogP contribution is -2.50. The topological polar surface area (TPSA) is 128 Å². The maximum Gasteiger partial charge on any atom is 0.410 e. The highest BCUT2D eigenvalue weighted by molar-refractivity contribution is 6.07. The number of nitrogens with zero attached hydrogens (tertiary/aromatic N) is 5. The highest BCUT2D eigenvalue weighted by atomic mass is 19.1. The zero-order valence-corrected chi connectivity index (χ0v) is 42.5. The van der Waals surface area contributed by atoms with Crippen LogP contribution in [0.4, 0.5) is 14.9 Å². The van der Waals surface area contributed by atoms with Crippen molar-refractivity contribution in [2.75, 3.05) is 31.7 Å². The first-order chi connectivity index (χ1) is 35.7. The minimum absolute atomic E-state index is 0.0138. The van der Waals surface area contributed by atoms with E-state index in [2.05, 4.69) is 53.6 Å². The molecule has 6 aromatic carbocycles. The van der Waals surface area contributed by atoms with Gasteiger partial charge in [0.05, 0.1) is 28.9 Å². The van der Waals surface area contributed by atoms with Gasteiger partial charge in [-0.3, -0.25) is 4.68 Å². The Morgan fingerprint density at radius 2 is 1.43 bits per heavy atom. The number of aromatic carboxylic acids is 1. The summed E-state index contributed by atoms with van der Waals surface area (Å²) in [5.74, 6) is -0.513. The van der Waals surface area contributed by atoms with Gasteiger partial charge in [0.15, 0.2) is 5.75 Å². The maximum absolute atomic E-state index is 17.2. The van der Waals surface area contributed by atoms with Gasteiger partial charge in [0, 0.05) is 66.5 Å². The Hall–Kier alpha value is -7.77. The largest absolute Gasteiger partial charge is 0.486 e. The summed E-state index contributed by atoms with van der Waals surface area (Å²) < 4.78 is 44.3. The Labute approximate surface area is 430 Å². The lowest BCUT2D eigenvalue weighted by atomic mass is 9.77. The highest BCUT2D eigenvalue weighted by Crippen LogP contribution is 2.55. The number of hydrogen-bond donors (Lipinski definition) is 1. The normalized spacial score (nSPS) is 17.0. The Bertz CT molecular complexity index is 3300. The van der Waals surface area contributed by atoms with Crippen LogP contribution in [0.1, 0.15) is 96.6 Å². The molecule has 1 N–H and O–H groups in total. The van der Waals surface area contributed by atoms with E-state index in [4.69, 9.17) is 29.0 Å². The van der Waals surface area contributed by atoms with Crippen LogP contribution in [0, 0.1) is 12.7 Å². The minimum atomic E-state index is -1.03. The van der Waals surface area contributed by atoms with Gasteiger partial charge < -0.3 is 33.9 Å². The van der Waals surface area contributed by atoms with E-state index in [0.717, 1.165) is 63.5 Å². The number of carboxylic acids is 1. The number of fused-ring (bicyclic) bond motifs is 4. The number of carboxylic acid groups (broad SMARTS) is 1. The molecule has 2 bridgehead atoms. The molecular formula is C61H60FN5O7. The quantitative estimate of drug-likeness (QED) is 0.0991. The van der Waals surface area contributed by atoms with Crippen LogP contribution >= 0.6 is 0 Å². The van der Waals surface area contributed by atoms with E-state index < -0.39 is 22.9 Å². The number of ether oxygens (including phenoxy) is 4. The molecule has 1 amide bonds. The summed E-state index contributed by atoms with van der Waals surface area (Å²) in [6.07, 6.45) is 4.10. The smallest absolute Gasteiger partial charge is 0.410 e. The predicted octanol–water partition coefficient (Wildman–Crippen LogP) is 12.3. The van der Waals surface area contributed by atoms with Gasteiger partial charge in [-0.2, -0.15) is 5.10 Å². The van der Waals surface area contributed by atoms with Crippen LogP contribution in [0.3, 0.4) is 0 Å². The number of piperazine rings is 1. The van der Waals surface area contributed by atoms with Crippen LogP contribution in [0.25, 0.3) is 32.9 Å². The highest BCUT2D eigenvalue weighted by Gasteiger charge is 2.48. The van der Waals surface area contributed by atoms with Crippen molar-refractivity contribution in [2.24, 2.45) is 0 Å². The Morgan fingerprint density at radius 1 is 0.797 bits per heavy atom. The van der Waals surface area contributed by atoms with Gasteiger partial charge in [-0.15, -0.1) is 0 Å². The number of likely N-dealkylation sites (tertiary alicyclic amines) is 1. The number of aromatic nitrogens is 3. The number of carbonyl (C=O) groups excluding carboxylic acids is 1. The van der Waals surface area contributed by atoms with Crippen LogP contribution in [0.5, 0.6) is 11.6 Å². The predicted molar refractivity (Wildman–Crippen MR) is 284 cm³/mol. The summed E-state index contributed by atoms with van der Waals surface area (Å²) in [5, 5.41) is 16.7. The van der Waals surface area contributed by atoms with Crippen molar-refractivity contribution in [1.82, 2.24) is 19.7 Å². The van der Waals surface area contributed by atoms with Gasteiger partial charge in [0.25, 0.3) is 0 Å². The lowest BCUT2D eigenvalue weighted by molar-refractivity contribution is 0.0214. The van der Waals surface area contributed by atoms with Gasteiger partial charge >= 0.3 is 12.1 Å². The summed E-state index contributed by atoms with van der Waals surface area (Å²) in [4.78, 5) is 35.0. The summed E-state index contributed by atoms with van der Waals surface area (Å²) in [7, 11) is 1.64. The molecule has 0 spiro atoms.